The Morgan fingerprint density at radius 2 is 2.17 bits per heavy atom. The van der Waals surface area contributed by atoms with E-state index in [1.807, 2.05) is 13.8 Å². The van der Waals surface area contributed by atoms with Crippen LogP contribution in [0.5, 0.6) is 0 Å². The lowest BCUT2D eigenvalue weighted by Gasteiger charge is -2.17. The van der Waals surface area contributed by atoms with Crippen molar-refractivity contribution in [2.75, 3.05) is 12.9 Å². The van der Waals surface area contributed by atoms with Crippen molar-refractivity contribution in [1.29, 1.82) is 0 Å². The van der Waals surface area contributed by atoms with Crippen molar-refractivity contribution in [3.8, 4) is 0 Å². The lowest BCUT2D eigenvalue weighted by Crippen LogP contribution is -2.31. The Morgan fingerprint density at radius 1 is 1.67 bits per heavy atom. The van der Waals surface area contributed by atoms with Gasteiger partial charge in [0, 0.05) is 0 Å². The minimum Gasteiger partial charge on any atom is -0.367 e. The van der Waals surface area contributed by atoms with Gasteiger partial charge in [0.25, 0.3) is 10.1 Å². The molecule has 0 radical (unpaired) electrons. The summed E-state index contributed by atoms with van der Waals surface area (Å²) in [6.45, 7) is 4.32. The molecule has 1 rings (SSSR count). The van der Waals surface area contributed by atoms with Gasteiger partial charge in [-0.15, -0.1) is 0 Å². The van der Waals surface area contributed by atoms with Crippen molar-refractivity contribution in [3.05, 3.63) is 0 Å². The first-order valence-electron chi connectivity index (χ1n) is 3.89. The van der Waals surface area contributed by atoms with Crippen LogP contribution in [0.2, 0.25) is 0 Å². The van der Waals surface area contributed by atoms with Gasteiger partial charge < -0.3 is 4.74 Å². The van der Waals surface area contributed by atoms with Gasteiger partial charge in [-0.1, -0.05) is 6.92 Å². The van der Waals surface area contributed by atoms with Crippen molar-refractivity contribution >= 4 is 10.1 Å². The number of rotatable bonds is 4. The highest BCUT2D eigenvalue weighted by Crippen LogP contribution is 2.34. The molecule has 0 unspecified atom stereocenters. The topological polar surface area (TPSA) is 55.9 Å². The molecule has 12 heavy (non-hydrogen) atoms. The third kappa shape index (κ3) is 2.43. The van der Waals surface area contributed by atoms with Gasteiger partial charge in [0.2, 0.25) is 0 Å². The predicted octanol–water partition coefficient (Wildman–Crippen LogP) is 0.530. The maximum atomic E-state index is 10.8. The summed E-state index contributed by atoms with van der Waals surface area (Å²) in [5, 5.41) is 0. The molecule has 1 fully saturated rings. The Balaban J connectivity index is 2.59. The summed E-state index contributed by atoms with van der Waals surface area (Å²) in [7, 11) is -3.36. The van der Waals surface area contributed by atoms with Crippen LogP contribution in [0.3, 0.4) is 0 Å². The molecule has 4 nitrogen and oxygen atoms in total. The minimum atomic E-state index is -3.36. The highest BCUT2D eigenvalue weighted by molar-refractivity contribution is 7.86. The fourth-order valence-corrected chi connectivity index (χ4v) is 1.87. The van der Waals surface area contributed by atoms with Crippen molar-refractivity contribution in [1.82, 2.24) is 0 Å². The fourth-order valence-electron chi connectivity index (χ4n) is 1.11. The normalized spacial score (nSPS) is 31.6. The van der Waals surface area contributed by atoms with Crippen LogP contribution in [0, 0.1) is 0 Å². The van der Waals surface area contributed by atoms with Crippen LogP contribution in [0.15, 0.2) is 0 Å². The predicted molar refractivity (Wildman–Crippen MR) is 44.4 cm³/mol. The zero-order valence-electron chi connectivity index (χ0n) is 7.53. The van der Waals surface area contributed by atoms with Gasteiger partial charge in [-0.2, -0.15) is 8.42 Å². The molecule has 1 heterocycles. The molecule has 0 saturated carbocycles. The molecular weight excluding hydrogens is 180 g/mol. The fraction of sp³-hybridized carbons (Fsp3) is 1.00. The summed E-state index contributed by atoms with van der Waals surface area (Å²) in [6, 6.07) is 0. The average molecular weight is 194 g/mol. The van der Waals surface area contributed by atoms with Crippen molar-refractivity contribution < 1.29 is 17.3 Å². The second-order valence-electron chi connectivity index (χ2n) is 3.30. The molecule has 0 spiro atoms. The number of hydrogen-bond donors (Lipinski definition) is 0. The van der Waals surface area contributed by atoms with Gasteiger partial charge in [-0.3, -0.25) is 4.18 Å². The lowest BCUT2D eigenvalue weighted by molar-refractivity contribution is 0.110. The highest BCUT2D eigenvalue weighted by Gasteiger charge is 2.48. The molecule has 0 N–H and O–H groups in total. The molecule has 1 saturated heterocycles. The maximum Gasteiger partial charge on any atom is 0.264 e. The SMILES string of the molecule is CC[C@H](OS(C)(=O)=O)[C@@]1(C)CO1. The van der Waals surface area contributed by atoms with Crippen molar-refractivity contribution in [2.24, 2.45) is 0 Å². The molecule has 0 aliphatic carbocycles. The zero-order valence-corrected chi connectivity index (χ0v) is 8.35. The average Bonchev–Trinajstić information content (AvgIpc) is 2.62. The zero-order chi connectivity index (χ0) is 9.41. The summed E-state index contributed by atoms with van der Waals surface area (Å²) in [6.07, 6.45) is 1.36. The van der Waals surface area contributed by atoms with Gasteiger partial charge in [0.05, 0.1) is 12.9 Å². The molecule has 72 valence electrons. The molecule has 0 aromatic heterocycles. The van der Waals surface area contributed by atoms with E-state index in [2.05, 4.69) is 0 Å². The molecule has 2 atom stereocenters. The standard InChI is InChI=1S/C7H14O4S/c1-4-6(7(2)5-10-7)11-12(3,8)9/h6H,4-5H2,1-3H3/t6-,7+/m0/s1. The molecule has 0 amide bonds. The monoisotopic (exact) mass is 194 g/mol. The van der Waals surface area contributed by atoms with Crippen LogP contribution in [0.25, 0.3) is 0 Å². The minimum absolute atomic E-state index is 0.340. The van der Waals surface area contributed by atoms with E-state index >= 15 is 0 Å². The lowest BCUT2D eigenvalue weighted by atomic mass is 10.0. The Bertz CT molecular complexity index is 253. The molecule has 0 bridgehead atoms. The number of epoxide rings is 1. The Labute approximate surface area is 73.0 Å². The first kappa shape index (κ1) is 9.95. The van der Waals surface area contributed by atoms with Gasteiger partial charge >= 0.3 is 0 Å². The van der Waals surface area contributed by atoms with Gasteiger partial charge in [0.1, 0.15) is 11.7 Å². The third-order valence-corrected chi connectivity index (χ3v) is 2.52. The molecule has 0 aromatic carbocycles. The molecule has 1 aliphatic rings. The molecule has 0 aromatic rings. The first-order valence-corrected chi connectivity index (χ1v) is 5.71. The Kier molecular flexibility index (Phi) is 2.47. The van der Waals surface area contributed by atoms with Crippen LogP contribution in [0.1, 0.15) is 20.3 Å². The van der Waals surface area contributed by atoms with E-state index in [9.17, 15) is 8.42 Å². The third-order valence-electron chi connectivity index (χ3n) is 1.94. The Hall–Kier alpha value is -0.130. The van der Waals surface area contributed by atoms with E-state index in [1.54, 1.807) is 0 Å². The summed E-state index contributed by atoms with van der Waals surface area (Å²) >= 11 is 0. The van der Waals surface area contributed by atoms with E-state index in [1.165, 1.54) is 0 Å². The first-order chi connectivity index (χ1) is 5.37. The second kappa shape index (κ2) is 2.97. The van der Waals surface area contributed by atoms with Gasteiger partial charge in [-0.25, -0.2) is 0 Å². The van der Waals surface area contributed by atoms with E-state index < -0.39 is 10.1 Å². The van der Waals surface area contributed by atoms with Crippen LogP contribution in [0.4, 0.5) is 0 Å². The van der Waals surface area contributed by atoms with E-state index in [0.29, 0.717) is 13.0 Å². The summed E-state index contributed by atoms with van der Waals surface area (Å²) < 4.78 is 31.6. The van der Waals surface area contributed by atoms with E-state index in [4.69, 9.17) is 8.92 Å². The summed E-state index contributed by atoms with van der Waals surface area (Å²) in [5.41, 5.74) is -0.377. The van der Waals surface area contributed by atoms with Crippen molar-refractivity contribution in [2.45, 2.75) is 32.0 Å². The Morgan fingerprint density at radius 3 is 2.42 bits per heavy atom. The van der Waals surface area contributed by atoms with E-state index in [-0.39, 0.29) is 11.7 Å². The number of hydrogen-bond acceptors (Lipinski definition) is 4. The maximum absolute atomic E-state index is 10.8. The summed E-state index contributed by atoms with van der Waals surface area (Å²) in [4.78, 5) is 0. The van der Waals surface area contributed by atoms with Crippen LogP contribution >= 0.6 is 0 Å². The van der Waals surface area contributed by atoms with Crippen LogP contribution in [-0.2, 0) is 19.0 Å². The van der Waals surface area contributed by atoms with Gasteiger partial charge in [-0.05, 0) is 13.3 Å². The molecule has 5 heteroatoms. The molecular formula is C7H14O4S. The van der Waals surface area contributed by atoms with Crippen molar-refractivity contribution in [3.63, 3.8) is 0 Å². The molecule has 1 aliphatic heterocycles. The van der Waals surface area contributed by atoms with Crippen LogP contribution in [-0.4, -0.2) is 33.0 Å². The smallest absolute Gasteiger partial charge is 0.264 e. The quantitative estimate of drug-likeness (QED) is 0.484. The summed E-state index contributed by atoms with van der Waals surface area (Å²) in [5.74, 6) is 0. The largest absolute Gasteiger partial charge is 0.367 e. The highest BCUT2D eigenvalue weighted by atomic mass is 32.2. The van der Waals surface area contributed by atoms with E-state index in [0.717, 1.165) is 6.26 Å². The van der Waals surface area contributed by atoms with Gasteiger partial charge in [0.15, 0.2) is 0 Å². The van der Waals surface area contributed by atoms with Crippen LogP contribution < -0.4 is 0 Å². The number of ether oxygens (including phenoxy) is 1. The second-order valence-corrected chi connectivity index (χ2v) is 4.90.